The number of sulfonamides is 1. The minimum atomic E-state index is -3.56. The van der Waals surface area contributed by atoms with Gasteiger partial charge < -0.3 is 19.1 Å². The lowest BCUT2D eigenvalue weighted by molar-refractivity contribution is -0.148. The van der Waals surface area contributed by atoms with Crippen molar-refractivity contribution in [2.75, 3.05) is 38.3 Å². The Kier molecular flexibility index (Phi) is 7.38. The first-order valence-electron chi connectivity index (χ1n) is 11.3. The van der Waals surface area contributed by atoms with Crippen LogP contribution in [0.1, 0.15) is 25.7 Å². The molecule has 9 nitrogen and oxygen atoms in total. The fourth-order valence-corrected chi connectivity index (χ4v) is 5.60. The van der Waals surface area contributed by atoms with Crippen LogP contribution in [-0.2, 0) is 24.3 Å². The van der Waals surface area contributed by atoms with E-state index in [1.54, 1.807) is 36.4 Å². The summed E-state index contributed by atoms with van der Waals surface area (Å²) in [5.74, 6) is -0.171. The van der Waals surface area contributed by atoms with Crippen LogP contribution in [0.25, 0.3) is 0 Å². The van der Waals surface area contributed by atoms with E-state index in [9.17, 15) is 18.0 Å². The van der Waals surface area contributed by atoms with Gasteiger partial charge in [0.15, 0.2) is 6.61 Å². The van der Waals surface area contributed by atoms with Gasteiger partial charge in [0.05, 0.1) is 24.2 Å². The summed E-state index contributed by atoms with van der Waals surface area (Å²) < 4.78 is 43.4. The van der Waals surface area contributed by atoms with Gasteiger partial charge in [0.1, 0.15) is 11.5 Å². The van der Waals surface area contributed by atoms with Crippen LogP contribution < -0.4 is 14.4 Å². The minimum Gasteiger partial charge on any atom is -0.484 e. The average molecular weight is 489 g/mol. The van der Waals surface area contributed by atoms with Crippen LogP contribution in [0.5, 0.6) is 11.5 Å². The normalized spacial score (nSPS) is 18.9. The zero-order valence-corrected chi connectivity index (χ0v) is 19.8. The number of esters is 1. The third-order valence-electron chi connectivity index (χ3n) is 5.93. The van der Waals surface area contributed by atoms with Crippen LogP contribution in [-0.4, -0.2) is 64.1 Å². The van der Waals surface area contributed by atoms with Crippen molar-refractivity contribution in [2.24, 2.45) is 0 Å². The number of benzene rings is 2. The van der Waals surface area contributed by atoms with Crippen molar-refractivity contribution in [3.8, 4) is 11.5 Å². The van der Waals surface area contributed by atoms with E-state index in [1.807, 2.05) is 0 Å². The van der Waals surface area contributed by atoms with E-state index in [4.69, 9.17) is 14.2 Å². The van der Waals surface area contributed by atoms with Crippen LogP contribution in [0.4, 0.5) is 5.69 Å². The molecule has 34 heavy (non-hydrogen) atoms. The van der Waals surface area contributed by atoms with Gasteiger partial charge in [0.2, 0.25) is 16.1 Å². The van der Waals surface area contributed by atoms with Crippen molar-refractivity contribution in [2.45, 2.75) is 36.7 Å². The van der Waals surface area contributed by atoms with Crippen LogP contribution in [0.2, 0.25) is 0 Å². The van der Waals surface area contributed by atoms with Crippen molar-refractivity contribution in [1.82, 2.24) is 4.31 Å². The molecule has 2 aromatic rings. The van der Waals surface area contributed by atoms with E-state index in [0.717, 1.165) is 25.7 Å². The zero-order valence-electron chi connectivity index (χ0n) is 19.0. The van der Waals surface area contributed by atoms with E-state index in [-0.39, 0.29) is 24.0 Å². The first-order chi connectivity index (χ1) is 16.4. The molecular formula is C24H28N2O7S. The molecule has 1 saturated heterocycles. The molecule has 1 amide bonds. The molecule has 2 aliphatic heterocycles. The molecule has 2 aromatic carbocycles. The molecule has 0 radical (unpaired) electrons. The van der Waals surface area contributed by atoms with Crippen LogP contribution in [0, 0.1) is 0 Å². The number of nitrogens with zero attached hydrogens (tertiary/aromatic N) is 2. The summed E-state index contributed by atoms with van der Waals surface area (Å²) in [5.41, 5.74) is 0.537. The number of amides is 1. The highest BCUT2D eigenvalue weighted by atomic mass is 32.2. The second-order valence-corrected chi connectivity index (χ2v) is 10.1. The summed E-state index contributed by atoms with van der Waals surface area (Å²) in [5, 5.41) is 0. The Labute approximate surface area is 199 Å². The highest BCUT2D eigenvalue weighted by Crippen LogP contribution is 2.33. The molecule has 0 N–H and O–H groups in total. The van der Waals surface area contributed by atoms with Crippen molar-refractivity contribution in [3.05, 3.63) is 48.5 Å². The number of carbonyl (C=O) groups excluding carboxylic acids is 2. The molecule has 0 aliphatic carbocycles. The van der Waals surface area contributed by atoms with E-state index in [2.05, 4.69) is 0 Å². The molecule has 0 bridgehead atoms. The molecule has 1 atom stereocenters. The third-order valence-corrected chi connectivity index (χ3v) is 7.84. The Balaban J connectivity index is 1.42. The lowest BCUT2D eigenvalue weighted by Crippen LogP contribution is -2.48. The van der Waals surface area contributed by atoms with Gasteiger partial charge >= 0.3 is 5.97 Å². The Morgan fingerprint density at radius 2 is 1.68 bits per heavy atom. The highest BCUT2D eigenvalue weighted by molar-refractivity contribution is 7.89. The number of para-hydroxylation sites is 2. The second-order valence-electron chi connectivity index (χ2n) is 8.18. The van der Waals surface area contributed by atoms with Gasteiger partial charge in [-0.05, 0) is 49.2 Å². The maximum Gasteiger partial charge on any atom is 0.348 e. The van der Waals surface area contributed by atoms with Gasteiger partial charge in [-0.1, -0.05) is 25.0 Å². The van der Waals surface area contributed by atoms with Crippen LogP contribution >= 0.6 is 0 Å². The van der Waals surface area contributed by atoms with Crippen molar-refractivity contribution >= 4 is 27.6 Å². The lowest BCUT2D eigenvalue weighted by Gasteiger charge is -2.33. The summed E-state index contributed by atoms with van der Waals surface area (Å²) in [7, 11) is -2.29. The zero-order chi connectivity index (χ0) is 24.1. The summed E-state index contributed by atoms with van der Waals surface area (Å²) in [6.45, 7) is 0.769. The number of hydrogen-bond acceptors (Lipinski definition) is 7. The Bertz CT molecular complexity index is 1130. The number of methoxy groups -OCH3 is 1. The van der Waals surface area contributed by atoms with Gasteiger partial charge in [-0.25, -0.2) is 13.2 Å². The molecule has 1 unspecified atom stereocenters. The predicted octanol–water partition coefficient (Wildman–Crippen LogP) is 2.60. The largest absolute Gasteiger partial charge is 0.484 e. The standard InChI is InChI=1S/C24H28N2O7S/c1-31-24(28)22-16-26(20-8-4-5-9-21(20)33-22)23(27)17-32-18-10-12-19(13-11-18)34(29,30)25-14-6-2-3-7-15-25/h4-5,8-13,22H,2-3,6-7,14-17H2,1H3. The fourth-order valence-electron chi connectivity index (χ4n) is 4.09. The van der Waals surface area contributed by atoms with Gasteiger partial charge in [-0.3, -0.25) is 4.79 Å². The quantitative estimate of drug-likeness (QED) is 0.576. The molecule has 2 heterocycles. The van der Waals surface area contributed by atoms with Gasteiger partial charge in [-0.15, -0.1) is 0 Å². The first-order valence-corrected chi connectivity index (χ1v) is 12.7. The van der Waals surface area contributed by atoms with E-state index in [1.165, 1.54) is 28.4 Å². The summed E-state index contributed by atoms with van der Waals surface area (Å²) in [6.07, 6.45) is 2.88. The maximum absolute atomic E-state index is 12.9. The van der Waals surface area contributed by atoms with Crippen LogP contribution in [0.3, 0.4) is 0 Å². The van der Waals surface area contributed by atoms with Gasteiger partial charge in [0, 0.05) is 13.1 Å². The van der Waals surface area contributed by atoms with Crippen molar-refractivity contribution < 1.29 is 32.2 Å². The monoisotopic (exact) mass is 488 g/mol. The molecular weight excluding hydrogens is 460 g/mol. The van der Waals surface area contributed by atoms with E-state index >= 15 is 0 Å². The molecule has 10 heteroatoms. The van der Waals surface area contributed by atoms with Gasteiger partial charge in [0.25, 0.3) is 5.91 Å². The molecule has 2 aliphatic rings. The smallest absolute Gasteiger partial charge is 0.348 e. The maximum atomic E-state index is 12.9. The molecule has 1 fully saturated rings. The van der Waals surface area contributed by atoms with E-state index in [0.29, 0.717) is 30.3 Å². The molecule has 0 spiro atoms. The van der Waals surface area contributed by atoms with Crippen molar-refractivity contribution in [1.29, 1.82) is 0 Å². The number of anilines is 1. The van der Waals surface area contributed by atoms with Crippen LogP contribution in [0.15, 0.2) is 53.4 Å². The van der Waals surface area contributed by atoms with E-state index < -0.39 is 22.1 Å². The highest BCUT2D eigenvalue weighted by Gasteiger charge is 2.34. The predicted molar refractivity (Wildman–Crippen MR) is 124 cm³/mol. The minimum absolute atomic E-state index is 0.00110. The molecule has 4 rings (SSSR count). The first kappa shape index (κ1) is 24.0. The lowest BCUT2D eigenvalue weighted by atomic mass is 10.2. The van der Waals surface area contributed by atoms with Gasteiger partial charge in [-0.2, -0.15) is 4.31 Å². The molecule has 0 saturated carbocycles. The SMILES string of the molecule is COC(=O)C1CN(C(=O)COc2ccc(S(=O)(=O)N3CCCCCC3)cc2)c2ccccc2O1. The number of hydrogen-bond donors (Lipinski definition) is 0. The fraction of sp³-hybridized carbons (Fsp3) is 0.417. The number of carbonyl (C=O) groups is 2. The Morgan fingerprint density at radius 1 is 1.00 bits per heavy atom. The Morgan fingerprint density at radius 3 is 2.35 bits per heavy atom. The topological polar surface area (TPSA) is 102 Å². The Hall–Kier alpha value is -3.11. The average Bonchev–Trinajstić information content (AvgIpc) is 3.16. The second kappa shape index (κ2) is 10.4. The number of ether oxygens (including phenoxy) is 3. The van der Waals surface area contributed by atoms with Crippen molar-refractivity contribution in [3.63, 3.8) is 0 Å². The molecule has 182 valence electrons. The number of rotatable bonds is 6. The summed E-state index contributed by atoms with van der Waals surface area (Å²) in [4.78, 5) is 26.6. The third kappa shape index (κ3) is 5.18. The summed E-state index contributed by atoms with van der Waals surface area (Å²) >= 11 is 0. The summed E-state index contributed by atoms with van der Waals surface area (Å²) in [6, 6.07) is 13.0. The number of fused-ring (bicyclic) bond motifs is 1. The molecule has 0 aromatic heterocycles.